The second kappa shape index (κ2) is 6.80. The summed E-state index contributed by atoms with van der Waals surface area (Å²) >= 11 is 0. The van der Waals surface area contributed by atoms with E-state index in [4.69, 9.17) is 5.73 Å². The fourth-order valence-electron chi connectivity index (χ4n) is 1.54. The van der Waals surface area contributed by atoms with Crippen LogP contribution in [0.25, 0.3) is 0 Å². The zero-order valence-corrected chi connectivity index (χ0v) is 10.5. The van der Waals surface area contributed by atoms with Crippen molar-refractivity contribution in [3.05, 3.63) is 0 Å². The summed E-state index contributed by atoms with van der Waals surface area (Å²) < 4.78 is 0. The first kappa shape index (κ1) is 14.4. The summed E-state index contributed by atoms with van der Waals surface area (Å²) in [6, 6.07) is 0. The minimum atomic E-state index is -0.0265. The molecule has 0 saturated carbocycles. The van der Waals surface area contributed by atoms with Crippen molar-refractivity contribution in [2.75, 3.05) is 26.2 Å². The number of nitrogens with two attached hydrogens (primary N) is 1. The summed E-state index contributed by atoms with van der Waals surface area (Å²) in [6.45, 7) is 11.2. The second-order valence-corrected chi connectivity index (χ2v) is 4.30. The molecule has 15 heavy (non-hydrogen) atoms. The molecule has 0 unspecified atom stereocenters. The molecule has 0 heterocycles. The molecule has 1 amide bonds. The van der Waals surface area contributed by atoms with E-state index in [0.717, 1.165) is 13.1 Å². The molecule has 0 aromatic heterocycles. The maximum absolute atomic E-state index is 11.3. The topological polar surface area (TPSA) is 58.4 Å². The van der Waals surface area contributed by atoms with Crippen molar-refractivity contribution in [2.24, 2.45) is 5.73 Å². The smallest absolute Gasteiger partial charge is 0.221 e. The van der Waals surface area contributed by atoms with Crippen LogP contribution in [0.15, 0.2) is 0 Å². The largest absolute Gasteiger partial charge is 0.356 e. The lowest BCUT2D eigenvalue weighted by atomic mass is 10.0. The van der Waals surface area contributed by atoms with Gasteiger partial charge in [-0.25, -0.2) is 0 Å². The molecular weight excluding hydrogens is 190 g/mol. The molecule has 0 aliphatic heterocycles. The molecule has 0 saturated heterocycles. The molecule has 4 nitrogen and oxygen atoms in total. The molecule has 0 atom stereocenters. The standard InChI is InChI=1S/C11H25N3O/c1-5-13-10(15)7-8-14(6-2)11(3,4)9-12/h5-9,12H2,1-4H3,(H,13,15). The molecule has 4 heteroatoms. The number of hydrogen-bond donors (Lipinski definition) is 2. The number of rotatable bonds is 7. The number of carbonyl (C=O) groups is 1. The van der Waals surface area contributed by atoms with Gasteiger partial charge in [0.25, 0.3) is 0 Å². The Morgan fingerprint density at radius 1 is 1.40 bits per heavy atom. The molecular formula is C11H25N3O. The summed E-state index contributed by atoms with van der Waals surface area (Å²) in [5.41, 5.74) is 5.68. The van der Waals surface area contributed by atoms with E-state index in [0.29, 0.717) is 19.5 Å². The highest BCUT2D eigenvalue weighted by Gasteiger charge is 2.23. The van der Waals surface area contributed by atoms with Crippen LogP contribution in [0.3, 0.4) is 0 Å². The molecule has 0 aromatic rings. The lowest BCUT2D eigenvalue weighted by molar-refractivity contribution is -0.121. The Bertz CT molecular complexity index is 192. The van der Waals surface area contributed by atoms with Gasteiger partial charge in [-0.05, 0) is 27.3 Å². The summed E-state index contributed by atoms with van der Waals surface area (Å²) in [5.74, 6) is 0.115. The van der Waals surface area contributed by atoms with Crippen LogP contribution in [0.4, 0.5) is 0 Å². The Balaban J connectivity index is 4.06. The van der Waals surface area contributed by atoms with E-state index in [-0.39, 0.29) is 11.4 Å². The highest BCUT2D eigenvalue weighted by atomic mass is 16.1. The molecule has 0 aliphatic carbocycles. The molecule has 0 fully saturated rings. The third-order valence-corrected chi connectivity index (χ3v) is 2.72. The van der Waals surface area contributed by atoms with Crippen molar-refractivity contribution >= 4 is 5.91 Å². The van der Waals surface area contributed by atoms with Crippen LogP contribution in [0, 0.1) is 0 Å². The third kappa shape index (κ3) is 5.14. The number of carbonyl (C=O) groups excluding carboxylic acids is 1. The Hall–Kier alpha value is -0.610. The van der Waals surface area contributed by atoms with E-state index in [2.05, 4.69) is 31.0 Å². The van der Waals surface area contributed by atoms with Crippen molar-refractivity contribution in [3.63, 3.8) is 0 Å². The molecule has 0 bridgehead atoms. The second-order valence-electron chi connectivity index (χ2n) is 4.30. The van der Waals surface area contributed by atoms with Crippen molar-refractivity contribution in [3.8, 4) is 0 Å². The summed E-state index contributed by atoms with van der Waals surface area (Å²) in [4.78, 5) is 13.5. The fourth-order valence-corrected chi connectivity index (χ4v) is 1.54. The van der Waals surface area contributed by atoms with E-state index in [9.17, 15) is 4.79 Å². The Morgan fingerprint density at radius 3 is 2.40 bits per heavy atom. The van der Waals surface area contributed by atoms with Crippen LogP contribution >= 0.6 is 0 Å². The molecule has 3 N–H and O–H groups in total. The SMILES string of the molecule is CCNC(=O)CCN(CC)C(C)(C)CN. The average molecular weight is 215 g/mol. The highest BCUT2D eigenvalue weighted by molar-refractivity contribution is 5.75. The Labute approximate surface area is 93.2 Å². The molecule has 0 aliphatic rings. The zero-order valence-electron chi connectivity index (χ0n) is 10.5. The monoisotopic (exact) mass is 215 g/mol. The van der Waals surface area contributed by atoms with Crippen LogP contribution in [0.2, 0.25) is 0 Å². The van der Waals surface area contributed by atoms with Crippen molar-refractivity contribution in [2.45, 2.75) is 39.7 Å². The van der Waals surface area contributed by atoms with Gasteiger partial charge in [0.15, 0.2) is 0 Å². The van der Waals surface area contributed by atoms with E-state index in [1.165, 1.54) is 0 Å². The van der Waals surface area contributed by atoms with Gasteiger partial charge in [0.05, 0.1) is 0 Å². The fraction of sp³-hybridized carbons (Fsp3) is 0.909. The number of nitrogens with one attached hydrogen (secondary N) is 1. The van der Waals surface area contributed by atoms with Gasteiger partial charge in [-0.15, -0.1) is 0 Å². The van der Waals surface area contributed by atoms with Crippen LogP contribution in [-0.2, 0) is 4.79 Å². The molecule has 0 rings (SSSR count). The average Bonchev–Trinajstić information content (AvgIpc) is 2.19. The van der Waals surface area contributed by atoms with Crippen molar-refractivity contribution in [1.29, 1.82) is 0 Å². The van der Waals surface area contributed by atoms with Gasteiger partial charge >= 0.3 is 0 Å². The minimum Gasteiger partial charge on any atom is -0.356 e. The van der Waals surface area contributed by atoms with Crippen LogP contribution in [0.5, 0.6) is 0 Å². The highest BCUT2D eigenvalue weighted by Crippen LogP contribution is 2.12. The Morgan fingerprint density at radius 2 is 2.00 bits per heavy atom. The van der Waals surface area contributed by atoms with E-state index in [1.807, 2.05) is 6.92 Å². The lowest BCUT2D eigenvalue weighted by Gasteiger charge is -2.36. The number of hydrogen-bond acceptors (Lipinski definition) is 3. The molecule has 90 valence electrons. The van der Waals surface area contributed by atoms with Gasteiger partial charge in [0.2, 0.25) is 5.91 Å². The van der Waals surface area contributed by atoms with Gasteiger partial charge in [-0.1, -0.05) is 6.92 Å². The lowest BCUT2D eigenvalue weighted by Crippen LogP contribution is -2.50. The van der Waals surface area contributed by atoms with E-state index < -0.39 is 0 Å². The molecule has 0 aromatic carbocycles. The predicted octanol–water partition coefficient (Wildman–Crippen LogP) is 0.572. The zero-order chi connectivity index (χ0) is 11.9. The Kier molecular flexibility index (Phi) is 6.52. The maximum atomic E-state index is 11.3. The number of likely N-dealkylation sites (N-methyl/N-ethyl adjacent to an activating group) is 1. The quantitative estimate of drug-likeness (QED) is 0.653. The normalized spacial score (nSPS) is 11.9. The molecule has 0 radical (unpaired) electrons. The minimum absolute atomic E-state index is 0.0265. The summed E-state index contributed by atoms with van der Waals surface area (Å²) in [6.07, 6.45) is 0.547. The van der Waals surface area contributed by atoms with Gasteiger partial charge in [-0.2, -0.15) is 0 Å². The summed E-state index contributed by atoms with van der Waals surface area (Å²) in [7, 11) is 0. The maximum Gasteiger partial charge on any atom is 0.221 e. The van der Waals surface area contributed by atoms with Crippen LogP contribution < -0.4 is 11.1 Å². The van der Waals surface area contributed by atoms with E-state index in [1.54, 1.807) is 0 Å². The first-order chi connectivity index (χ1) is 6.97. The first-order valence-corrected chi connectivity index (χ1v) is 5.69. The van der Waals surface area contributed by atoms with Crippen LogP contribution in [0.1, 0.15) is 34.1 Å². The summed E-state index contributed by atoms with van der Waals surface area (Å²) in [5, 5.41) is 2.80. The van der Waals surface area contributed by atoms with Gasteiger partial charge in [0, 0.05) is 31.6 Å². The van der Waals surface area contributed by atoms with Gasteiger partial charge < -0.3 is 11.1 Å². The van der Waals surface area contributed by atoms with Gasteiger partial charge in [-0.3, -0.25) is 9.69 Å². The van der Waals surface area contributed by atoms with Crippen LogP contribution in [-0.4, -0.2) is 42.5 Å². The van der Waals surface area contributed by atoms with Gasteiger partial charge in [0.1, 0.15) is 0 Å². The van der Waals surface area contributed by atoms with Crippen molar-refractivity contribution < 1.29 is 4.79 Å². The van der Waals surface area contributed by atoms with E-state index >= 15 is 0 Å². The first-order valence-electron chi connectivity index (χ1n) is 5.69. The molecule has 0 spiro atoms. The number of nitrogens with zero attached hydrogens (tertiary/aromatic N) is 1. The predicted molar refractivity (Wildman–Crippen MR) is 63.7 cm³/mol. The third-order valence-electron chi connectivity index (χ3n) is 2.72. The van der Waals surface area contributed by atoms with Crippen molar-refractivity contribution in [1.82, 2.24) is 10.2 Å². The number of amides is 1.